The van der Waals surface area contributed by atoms with Crippen molar-refractivity contribution in [3.63, 3.8) is 0 Å². The Hall–Kier alpha value is -0.530. The molecule has 0 aromatic carbocycles. The highest BCUT2D eigenvalue weighted by molar-refractivity contribution is 5.83. The maximum absolute atomic E-state index is 8.50. The van der Waals surface area contributed by atoms with Crippen LogP contribution in [0.4, 0.5) is 0 Å². The number of hydrogen-bond acceptors (Lipinski definition) is 2. The Morgan fingerprint density at radius 3 is 1.90 bits per heavy atom. The third-order valence-corrected chi connectivity index (χ3v) is 2.07. The van der Waals surface area contributed by atoms with Crippen LogP contribution in [0.15, 0.2) is 5.16 Å². The van der Waals surface area contributed by atoms with E-state index in [1.165, 1.54) is 32.1 Å². The van der Waals surface area contributed by atoms with Crippen molar-refractivity contribution in [1.82, 2.24) is 0 Å². The second-order valence-electron chi connectivity index (χ2n) is 2.93. The molecule has 1 fully saturated rings. The van der Waals surface area contributed by atoms with E-state index < -0.39 is 0 Å². The molecule has 1 rings (SSSR count). The molecule has 1 aliphatic carbocycles. The van der Waals surface area contributed by atoms with E-state index in [0.29, 0.717) is 0 Å². The van der Waals surface area contributed by atoms with Crippen LogP contribution in [0.1, 0.15) is 44.9 Å². The highest BCUT2D eigenvalue weighted by Crippen LogP contribution is 2.14. The van der Waals surface area contributed by atoms with Gasteiger partial charge in [-0.05, 0) is 25.7 Å². The molecule has 0 saturated heterocycles. The summed E-state index contributed by atoms with van der Waals surface area (Å²) in [5.74, 6) is 0. The van der Waals surface area contributed by atoms with Crippen LogP contribution in [0.25, 0.3) is 0 Å². The average Bonchev–Trinajstić information content (AvgIpc) is 1.87. The van der Waals surface area contributed by atoms with Gasteiger partial charge in [0, 0.05) is 0 Å². The fourth-order valence-corrected chi connectivity index (χ4v) is 1.41. The number of nitrogens with zero attached hydrogens (tertiary/aromatic N) is 1. The molecule has 0 amide bonds. The second-order valence-corrected chi connectivity index (χ2v) is 2.93. The lowest BCUT2D eigenvalue weighted by molar-refractivity contribution is 0.315. The lowest BCUT2D eigenvalue weighted by Gasteiger charge is -2.08. The molecule has 0 aliphatic heterocycles. The summed E-state index contributed by atoms with van der Waals surface area (Å²) in [6.07, 6.45) is 8.41. The van der Waals surface area contributed by atoms with Crippen molar-refractivity contribution in [2.75, 3.05) is 0 Å². The molecule has 1 saturated carbocycles. The fraction of sp³-hybridized carbons (Fsp3) is 0.875. The van der Waals surface area contributed by atoms with E-state index in [-0.39, 0.29) is 0 Å². The first kappa shape index (κ1) is 7.58. The van der Waals surface area contributed by atoms with Crippen LogP contribution in [-0.2, 0) is 0 Å². The standard InChI is InChI=1S/C8H15NO/c10-9-8-6-4-2-1-3-5-7-8/h10H,1-7H2. The Labute approximate surface area is 61.9 Å². The lowest BCUT2D eigenvalue weighted by Crippen LogP contribution is -2.01. The summed E-state index contributed by atoms with van der Waals surface area (Å²) in [7, 11) is 0. The summed E-state index contributed by atoms with van der Waals surface area (Å²) in [5.41, 5.74) is 1.000. The van der Waals surface area contributed by atoms with Crippen molar-refractivity contribution in [3.8, 4) is 0 Å². The van der Waals surface area contributed by atoms with Crippen LogP contribution in [0.2, 0.25) is 0 Å². The first-order valence-electron chi connectivity index (χ1n) is 4.13. The summed E-state index contributed by atoms with van der Waals surface area (Å²) in [6, 6.07) is 0. The van der Waals surface area contributed by atoms with Gasteiger partial charge in [0.15, 0.2) is 0 Å². The van der Waals surface area contributed by atoms with Crippen LogP contribution in [0.5, 0.6) is 0 Å². The predicted octanol–water partition coefficient (Wildman–Crippen LogP) is 2.56. The normalized spacial score (nSPS) is 21.4. The average molecular weight is 141 g/mol. The minimum Gasteiger partial charge on any atom is -0.411 e. The summed E-state index contributed by atoms with van der Waals surface area (Å²) >= 11 is 0. The molecule has 0 radical (unpaired) electrons. The first-order valence-corrected chi connectivity index (χ1v) is 4.13. The van der Waals surface area contributed by atoms with Crippen molar-refractivity contribution in [3.05, 3.63) is 0 Å². The zero-order chi connectivity index (χ0) is 7.23. The topological polar surface area (TPSA) is 32.6 Å². The zero-order valence-corrected chi connectivity index (χ0v) is 6.34. The minimum atomic E-state index is 1.000. The SMILES string of the molecule is ON=C1CCCCCCC1. The molecular formula is C8H15NO. The largest absolute Gasteiger partial charge is 0.411 e. The first-order chi connectivity index (χ1) is 4.93. The van der Waals surface area contributed by atoms with Crippen LogP contribution >= 0.6 is 0 Å². The maximum atomic E-state index is 8.50. The van der Waals surface area contributed by atoms with Gasteiger partial charge in [0.25, 0.3) is 0 Å². The summed E-state index contributed by atoms with van der Waals surface area (Å²) in [4.78, 5) is 0. The molecule has 1 N–H and O–H groups in total. The van der Waals surface area contributed by atoms with Gasteiger partial charge in [-0.1, -0.05) is 24.4 Å². The van der Waals surface area contributed by atoms with Crippen molar-refractivity contribution in [2.24, 2.45) is 5.16 Å². The van der Waals surface area contributed by atoms with E-state index in [9.17, 15) is 0 Å². The van der Waals surface area contributed by atoms with Gasteiger partial charge in [0.2, 0.25) is 0 Å². The summed E-state index contributed by atoms with van der Waals surface area (Å²) in [6.45, 7) is 0. The molecule has 10 heavy (non-hydrogen) atoms. The smallest absolute Gasteiger partial charge is 0.0570 e. The highest BCUT2D eigenvalue weighted by Gasteiger charge is 2.03. The van der Waals surface area contributed by atoms with Crippen LogP contribution in [0.3, 0.4) is 0 Å². The van der Waals surface area contributed by atoms with Gasteiger partial charge in [-0.2, -0.15) is 0 Å². The fourth-order valence-electron chi connectivity index (χ4n) is 1.41. The number of hydrogen-bond donors (Lipinski definition) is 1. The molecule has 0 heterocycles. The van der Waals surface area contributed by atoms with Gasteiger partial charge in [0.1, 0.15) is 0 Å². The number of oxime groups is 1. The van der Waals surface area contributed by atoms with Gasteiger partial charge >= 0.3 is 0 Å². The van der Waals surface area contributed by atoms with Crippen LogP contribution < -0.4 is 0 Å². The Bertz CT molecular complexity index is 110. The molecular weight excluding hydrogens is 126 g/mol. The van der Waals surface area contributed by atoms with Gasteiger partial charge in [-0.15, -0.1) is 0 Å². The minimum absolute atomic E-state index is 1.000. The van der Waals surface area contributed by atoms with Gasteiger partial charge in [-0.3, -0.25) is 0 Å². The molecule has 58 valence electrons. The molecule has 0 atom stereocenters. The third kappa shape index (κ3) is 2.38. The molecule has 1 aliphatic rings. The molecule has 0 aromatic rings. The zero-order valence-electron chi connectivity index (χ0n) is 6.34. The van der Waals surface area contributed by atoms with E-state index in [2.05, 4.69) is 5.16 Å². The van der Waals surface area contributed by atoms with E-state index in [1.54, 1.807) is 0 Å². The molecule has 0 bridgehead atoms. The monoisotopic (exact) mass is 141 g/mol. The van der Waals surface area contributed by atoms with Crippen molar-refractivity contribution in [2.45, 2.75) is 44.9 Å². The Morgan fingerprint density at radius 1 is 0.900 bits per heavy atom. The summed E-state index contributed by atoms with van der Waals surface area (Å²) in [5, 5.41) is 11.8. The quantitative estimate of drug-likeness (QED) is 0.408. The van der Waals surface area contributed by atoms with Gasteiger partial charge < -0.3 is 5.21 Å². The molecule has 0 unspecified atom stereocenters. The van der Waals surface area contributed by atoms with Crippen molar-refractivity contribution < 1.29 is 5.21 Å². The van der Waals surface area contributed by atoms with E-state index in [1.807, 2.05) is 0 Å². The van der Waals surface area contributed by atoms with Crippen molar-refractivity contribution >= 4 is 5.71 Å². The maximum Gasteiger partial charge on any atom is 0.0570 e. The molecule has 2 nitrogen and oxygen atoms in total. The highest BCUT2D eigenvalue weighted by atomic mass is 16.4. The second kappa shape index (κ2) is 4.31. The molecule has 0 spiro atoms. The predicted molar refractivity (Wildman–Crippen MR) is 41.5 cm³/mol. The molecule has 0 aromatic heterocycles. The third-order valence-electron chi connectivity index (χ3n) is 2.07. The Kier molecular flexibility index (Phi) is 3.27. The van der Waals surface area contributed by atoms with Gasteiger partial charge in [0.05, 0.1) is 5.71 Å². The van der Waals surface area contributed by atoms with E-state index >= 15 is 0 Å². The van der Waals surface area contributed by atoms with Crippen LogP contribution in [0, 0.1) is 0 Å². The number of rotatable bonds is 0. The van der Waals surface area contributed by atoms with Gasteiger partial charge in [-0.25, -0.2) is 0 Å². The lowest BCUT2D eigenvalue weighted by atomic mass is 9.99. The summed E-state index contributed by atoms with van der Waals surface area (Å²) < 4.78 is 0. The van der Waals surface area contributed by atoms with E-state index in [4.69, 9.17) is 5.21 Å². The Morgan fingerprint density at radius 2 is 1.40 bits per heavy atom. The molecule has 2 heteroatoms. The van der Waals surface area contributed by atoms with Crippen molar-refractivity contribution in [1.29, 1.82) is 0 Å². The van der Waals surface area contributed by atoms with Crippen LogP contribution in [-0.4, -0.2) is 10.9 Å². The Balaban J connectivity index is 2.30. The van der Waals surface area contributed by atoms with E-state index in [0.717, 1.165) is 18.6 Å².